The zero-order chi connectivity index (χ0) is 20.3. The predicted molar refractivity (Wildman–Crippen MR) is 109 cm³/mol. The summed E-state index contributed by atoms with van der Waals surface area (Å²) in [5, 5.41) is 5.68. The quantitative estimate of drug-likeness (QED) is 0.768. The smallest absolute Gasteiger partial charge is 0.314 e. The summed E-state index contributed by atoms with van der Waals surface area (Å²) in [5.41, 5.74) is 1.58. The molecule has 2 heterocycles. The summed E-state index contributed by atoms with van der Waals surface area (Å²) in [5.74, 6) is 0. The van der Waals surface area contributed by atoms with E-state index in [1.807, 2.05) is 20.0 Å². The topological polar surface area (TPSA) is 66.5 Å². The summed E-state index contributed by atoms with van der Waals surface area (Å²) in [6.07, 6.45) is 2.94. The molecule has 1 aromatic rings. The molecule has 1 fully saturated rings. The van der Waals surface area contributed by atoms with Gasteiger partial charge in [-0.1, -0.05) is 6.07 Å². The number of urea groups is 1. The van der Waals surface area contributed by atoms with Crippen molar-refractivity contribution in [3.63, 3.8) is 0 Å². The number of carbonyl (C=O) groups excluding carboxylic acids is 1. The number of aromatic nitrogens is 1. The van der Waals surface area contributed by atoms with Gasteiger partial charge in [0.05, 0.1) is 5.60 Å². The van der Waals surface area contributed by atoms with Gasteiger partial charge in [0.25, 0.3) is 0 Å². The zero-order valence-electron chi connectivity index (χ0n) is 18.0. The van der Waals surface area contributed by atoms with E-state index in [2.05, 4.69) is 60.3 Å². The number of ether oxygens (including phenoxy) is 1. The van der Waals surface area contributed by atoms with Gasteiger partial charge in [-0.25, -0.2) is 4.79 Å². The Labute approximate surface area is 164 Å². The fourth-order valence-electron chi connectivity index (χ4n) is 4.06. The van der Waals surface area contributed by atoms with Gasteiger partial charge in [-0.15, -0.1) is 0 Å². The molecule has 2 rings (SSSR count). The summed E-state index contributed by atoms with van der Waals surface area (Å²) in [6, 6.07) is 4.08. The molecule has 1 atom stereocenters. The minimum atomic E-state index is -0.348. The summed E-state index contributed by atoms with van der Waals surface area (Å²) >= 11 is 0. The molecule has 1 aromatic heterocycles. The monoisotopic (exact) mass is 376 g/mol. The molecule has 6 heteroatoms. The van der Waals surface area contributed by atoms with E-state index in [1.165, 1.54) is 5.56 Å². The molecule has 1 aliphatic heterocycles. The fraction of sp³-hybridized carbons (Fsp3) is 0.714. The van der Waals surface area contributed by atoms with Gasteiger partial charge in [0.1, 0.15) is 0 Å². The van der Waals surface area contributed by atoms with Crippen LogP contribution in [0.5, 0.6) is 0 Å². The molecule has 0 bridgehead atoms. The second kappa shape index (κ2) is 8.15. The van der Waals surface area contributed by atoms with Crippen LogP contribution in [-0.2, 0) is 10.3 Å². The van der Waals surface area contributed by atoms with Gasteiger partial charge >= 0.3 is 6.03 Å². The summed E-state index contributed by atoms with van der Waals surface area (Å²) in [7, 11) is 1.64. The van der Waals surface area contributed by atoms with E-state index in [4.69, 9.17) is 4.74 Å². The average molecular weight is 377 g/mol. The first-order valence-corrected chi connectivity index (χ1v) is 9.86. The minimum absolute atomic E-state index is 0.141. The van der Waals surface area contributed by atoms with Crippen LogP contribution >= 0.6 is 0 Å². The number of likely N-dealkylation sites (tertiary alicyclic amines) is 1. The van der Waals surface area contributed by atoms with Crippen LogP contribution in [0.1, 0.15) is 52.3 Å². The Bertz CT molecular complexity index is 642. The standard InChI is InChI=1S/C21H36N4O2/c1-8-27-20(5,6)21(14-24-18(26)22-7)11-12-25(15-21)19(3,4)17-10-9-16(2)23-13-17/h9-10,13H,8,11-12,14-15H2,1-7H3,(H2,22,24,26)/t21-/m1/s1. The lowest BCUT2D eigenvalue weighted by Gasteiger charge is -2.45. The third-order valence-electron chi connectivity index (χ3n) is 6.36. The lowest BCUT2D eigenvalue weighted by atomic mass is 9.72. The number of nitrogens with one attached hydrogen (secondary N) is 2. The second-order valence-corrected chi connectivity index (χ2v) is 8.58. The first-order valence-electron chi connectivity index (χ1n) is 9.86. The molecule has 27 heavy (non-hydrogen) atoms. The molecule has 0 spiro atoms. The van der Waals surface area contributed by atoms with Crippen molar-refractivity contribution in [2.75, 3.05) is 33.3 Å². The second-order valence-electron chi connectivity index (χ2n) is 8.58. The molecule has 0 radical (unpaired) electrons. The zero-order valence-corrected chi connectivity index (χ0v) is 18.0. The minimum Gasteiger partial charge on any atom is -0.375 e. The van der Waals surface area contributed by atoms with Gasteiger partial charge in [-0.2, -0.15) is 0 Å². The van der Waals surface area contributed by atoms with Crippen molar-refractivity contribution in [2.24, 2.45) is 5.41 Å². The third kappa shape index (κ3) is 4.43. The highest BCUT2D eigenvalue weighted by Gasteiger charge is 2.52. The number of rotatable bonds is 7. The molecular formula is C21H36N4O2. The van der Waals surface area contributed by atoms with Crippen LogP contribution in [0.15, 0.2) is 18.3 Å². The fourth-order valence-corrected chi connectivity index (χ4v) is 4.06. The van der Waals surface area contributed by atoms with E-state index in [-0.39, 0.29) is 22.6 Å². The highest BCUT2D eigenvalue weighted by atomic mass is 16.5. The van der Waals surface area contributed by atoms with E-state index in [1.54, 1.807) is 7.05 Å². The van der Waals surface area contributed by atoms with Crippen LogP contribution < -0.4 is 10.6 Å². The summed E-state index contributed by atoms with van der Waals surface area (Å²) < 4.78 is 6.15. The molecule has 152 valence electrons. The van der Waals surface area contributed by atoms with E-state index in [9.17, 15) is 4.79 Å². The van der Waals surface area contributed by atoms with Crippen LogP contribution in [-0.4, -0.2) is 54.8 Å². The Morgan fingerprint density at radius 1 is 1.33 bits per heavy atom. The van der Waals surface area contributed by atoms with Crippen molar-refractivity contribution in [2.45, 2.75) is 59.1 Å². The number of hydrogen-bond donors (Lipinski definition) is 2. The lowest BCUT2D eigenvalue weighted by Crippen LogP contribution is -2.56. The average Bonchev–Trinajstić information content (AvgIpc) is 3.07. The van der Waals surface area contributed by atoms with Crippen LogP contribution in [0.3, 0.4) is 0 Å². The van der Waals surface area contributed by atoms with Gasteiger partial charge in [0.15, 0.2) is 0 Å². The molecule has 1 saturated heterocycles. The van der Waals surface area contributed by atoms with Crippen molar-refractivity contribution in [1.82, 2.24) is 20.5 Å². The van der Waals surface area contributed by atoms with Gasteiger partial charge in [0.2, 0.25) is 0 Å². The largest absolute Gasteiger partial charge is 0.375 e. The van der Waals surface area contributed by atoms with Crippen LogP contribution in [0.25, 0.3) is 0 Å². The first kappa shape index (κ1) is 21.6. The lowest BCUT2D eigenvalue weighted by molar-refractivity contribution is -0.104. The maximum atomic E-state index is 11.8. The van der Waals surface area contributed by atoms with Crippen molar-refractivity contribution < 1.29 is 9.53 Å². The number of carbonyl (C=O) groups is 1. The van der Waals surface area contributed by atoms with Crippen molar-refractivity contribution in [3.8, 4) is 0 Å². The maximum absolute atomic E-state index is 11.8. The Morgan fingerprint density at radius 3 is 2.59 bits per heavy atom. The molecular weight excluding hydrogens is 340 g/mol. The highest BCUT2D eigenvalue weighted by molar-refractivity contribution is 5.73. The van der Waals surface area contributed by atoms with E-state index in [0.717, 1.165) is 25.2 Å². The van der Waals surface area contributed by atoms with Crippen molar-refractivity contribution >= 4 is 6.03 Å². The van der Waals surface area contributed by atoms with Gasteiger partial charge in [-0.05, 0) is 66.1 Å². The third-order valence-corrected chi connectivity index (χ3v) is 6.36. The number of amides is 2. The van der Waals surface area contributed by atoms with Crippen molar-refractivity contribution in [3.05, 3.63) is 29.6 Å². The Balaban J connectivity index is 2.27. The molecule has 1 aliphatic rings. The number of pyridine rings is 1. The molecule has 0 unspecified atom stereocenters. The molecule has 0 aromatic carbocycles. The summed E-state index contributed by atoms with van der Waals surface area (Å²) in [4.78, 5) is 18.8. The van der Waals surface area contributed by atoms with E-state index in [0.29, 0.717) is 13.2 Å². The molecule has 0 aliphatic carbocycles. The van der Waals surface area contributed by atoms with Crippen molar-refractivity contribution in [1.29, 1.82) is 0 Å². The SMILES string of the molecule is CCOC(C)(C)[C@@]1(CNC(=O)NC)CCN(C(C)(C)c2ccc(C)nc2)C1. The molecule has 2 N–H and O–H groups in total. The maximum Gasteiger partial charge on any atom is 0.314 e. The van der Waals surface area contributed by atoms with Crippen LogP contribution in [0.2, 0.25) is 0 Å². The van der Waals surface area contributed by atoms with Gasteiger partial charge < -0.3 is 15.4 Å². The molecule has 6 nitrogen and oxygen atoms in total. The van der Waals surface area contributed by atoms with E-state index < -0.39 is 0 Å². The molecule has 0 saturated carbocycles. The summed E-state index contributed by atoms with van der Waals surface area (Å²) in [6.45, 7) is 15.8. The number of nitrogens with zero attached hydrogens (tertiary/aromatic N) is 2. The first-order chi connectivity index (χ1) is 12.6. The van der Waals surface area contributed by atoms with Crippen LogP contribution in [0.4, 0.5) is 4.79 Å². The normalized spacial score (nSPS) is 21.3. The van der Waals surface area contributed by atoms with Gasteiger partial charge in [-0.3, -0.25) is 9.88 Å². The Hall–Kier alpha value is -1.66. The predicted octanol–water partition coefficient (Wildman–Crippen LogP) is 3.06. The Morgan fingerprint density at radius 2 is 2.04 bits per heavy atom. The Kier molecular flexibility index (Phi) is 6.53. The van der Waals surface area contributed by atoms with Gasteiger partial charge in [0, 0.05) is 49.6 Å². The number of aryl methyl sites for hydroxylation is 1. The highest BCUT2D eigenvalue weighted by Crippen LogP contribution is 2.46. The van der Waals surface area contributed by atoms with E-state index >= 15 is 0 Å². The number of hydrogen-bond acceptors (Lipinski definition) is 4. The molecule has 2 amide bonds. The van der Waals surface area contributed by atoms with Crippen LogP contribution in [0, 0.1) is 12.3 Å².